The summed E-state index contributed by atoms with van der Waals surface area (Å²) in [5.74, 6) is 1.46. The molecule has 3 rings (SSSR count). The van der Waals surface area contributed by atoms with Crippen LogP contribution in [-0.2, 0) is 6.42 Å². The van der Waals surface area contributed by atoms with Gasteiger partial charge in [0.05, 0.1) is 11.4 Å². The van der Waals surface area contributed by atoms with Crippen LogP contribution >= 0.6 is 11.6 Å². The van der Waals surface area contributed by atoms with Crippen LogP contribution in [0.3, 0.4) is 0 Å². The first-order valence-electron chi connectivity index (χ1n) is 6.32. The van der Waals surface area contributed by atoms with Gasteiger partial charge in [-0.2, -0.15) is 10.2 Å². The molecule has 0 radical (unpaired) electrons. The van der Waals surface area contributed by atoms with E-state index in [9.17, 15) is 0 Å². The Kier molecular flexibility index (Phi) is 3.10. The smallest absolute Gasteiger partial charge is 0.171 e. The monoisotopic (exact) mass is 288 g/mol. The maximum atomic E-state index is 5.95. The lowest BCUT2D eigenvalue weighted by molar-refractivity contribution is 0.886. The van der Waals surface area contributed by atoms with Crippen molar-refractivity contribution < 1.29 is 0 Å². The molecule has 0 bridgehead atoms. The molecule has 0 fully saturated rings. The highest BCUT2D eigenvalue weighted by molar-refractivity contribution is 6.29. The quantitative estimate of drug-likeness (QED) is 0.677. The average Bonchev–Trinajstić information content (AvgIpc) is 2.82. The van der Waals surface area contributed by atoms with Crippen molar-refractivity contribution in [2.45, 2.75) is 27.2 Å². The molecule has 0 atom stereocenters. The molecule has 7 heteroatoms. The normalized spacial score (nSPS) is 11.2. The molecule has 0 aromatic carbocycles. The molecule has 0 aliphatic carbocycles. The summed E-state index contributed by atoms with van der Waals surface area (Å²) in [5, 5.41) is 17.2. The number of hydrogen-bond donors (Lipinski definition) is 0. The molecule has 0 spiro atoms. The Balaban J connectivity index is 2.33. The van der Waals surface area contributed by atoms with Crippen LogP contribution in [0, 0.1) is 13.8 Å². The second-order valence-electron chi connectivity index (χ2n) is 4.54. The third kappa shape index (κ3) is 2.02. The predicted molar refractivity (Wildman–Crippen MR) is 75.7 cm³/mol. The van der Waals surface area contributed by atoms with Crippen molar-refractivity contribution in [2.24, 2.45) is 0 Å². The summed E-state index contributed by atoms with van der Waals surface area (Å²) < 4.78 is 1.88. The number of aryl methyl sites for hydroxylation is 3. The van der Waals surface area contributed by atoms with Gasteiger partial charge in [-0.05, 0) is 26.3 Å². The van der Waals surface area contributed by atoms with Gasteiger partial charge in [-0.3, -0.25) is 4.40 Å². The van der Waals surface area contributed by atoms with Crippen molar-refractivity contribution in [1.29, 1.82) is 0 Å². The van der Waals surface area contributed by atoms with Gasteiger partial charge in [-0.15, -0.1) is 10.2 Å². The summed E-state index contributed by atoms with van der Waals surface area (Å²) in [7, 11) is 0. The van der Waals surface area contributed by atoms with Gasteiger partial charge in [0.2, 0.25) is 0 Å². The first-order valence-corrected chi connectivity index (χ1v) is 6.69. The van der Waals surface area contributed by atoms with E-state index in [1.807, 2.05) is 31.2 Å². The molecular formula is C13H13ClN6. The number of hydrogen-bond acceptors (Lipinski definition) is 5. The molecule has 0 saturated heterocycles. The third-order valence-corrected chi connectivity index (χ3v) is 3.29. The highest BCUT2D eigenvalue weighted by Crippen LogP contribution is 2.24. The van der Waals surface area contributed by atoms with Crippen molar-refractivity contribution in [3.63, 3.8) is 0 Å². The van der Waals surface area contributed by atoms with Crippen LogP contribution in [0.1, 0.15) is 24.1 Å². The molecule has 102 valence electrons. The van der Waals surface area contributed by atoms with E-state index in [1.54, 1.807) is 6.07 Å². The fourth-order valence-corrected chi connectivity index (χ4v) is 2.42. The molecule has 3 aromatic heterocycles. The first kappa shape index (κ1) is 12.9. The highest BCUT2D eigenvalue weighted by Gasteiger charge is 2.16. The SMILES string of the molecule is CCc1nnc(C)cc1-c1nnc2cc(Cl)nc(C)n12. The van der Waals surface area contributed by atoms with E-state index in [4.69, 9.17) is 11.6 Å². The molecular weight excluding hydrogens is 276 g/mol. The Hall–Kier alpha value is -2.08. The number of halogens is 1. The van der Waals surface area contributed by atoms with E-state index in [0.717, 1.165) is 35.0 Å². The van der Waals surface area contributed by atoms with Crippen molar-refractivity contribution in [1.82, 2.24) is 29.8 Å². The summed E-state index contributed by atoms with van der Waals surface area (Å²) in [5.41, 5.74) is 3.33. The summed E-state index contributed by atoms with van der Waals surface area (Å²) in [6, 6.07) is 3.66. The molecule has 0 amide bonds. The van der Waals surface area contributed by atoms with Crippen LogP contribution in [0.4, 0.5) is 0 Å². The molecule has 6 nitrogen and oxygen atoms in total. The van der Waals surface area contributed by atoms with Crippen LogP contribution in [0.25, 0.3) is 17.0 Å². The fraction of sp³-hybridized carbons (Fsp3) is 0.308. The van der Waals surface area contributed by atoms with Crippen molar-refractivity contribution >= 4 is 17.2 Å². The van der Waals surface area contributed by atoms with Crippen LogP contribution < -0.4 is 0 Å². The highest BCUT2D eigenvalue weighted by atomic mass is 35.5. The van der Waals surface area contributed by atoms with E-state index in [2.05, 4.69) is 25.4 Å². The molecule has 3 heterocycles. The van der Waals surface area contributed by atoms with E-state index >= 15 is 0 Å². The molecule has 0 aliphatic rings. The number of aromatic nitrogens is 6. The van der Waals surface area contributed by atoms with E-state index in [0.29, 0.717) is 10.8 Å². The Morgan fingerprint density at radius 1 is 1.10 bits per heavy atom. The van der Waals surface area contributed by atoms with Crippen molar-refractivity contribution in [3.8, 4) is 11.4 Å². The minimum Gasteiger partial charge on any atom is -0.263 e. The topological polar surface area (TPSA) is 68.9 Å². The van der Waals surface area contributed by atoms with Crippen LogP contribution in [0.5, 0.6) is 0 Å². The zero-order valence-corrected chi connectivity index (χ0v) is 12.2. The zero-order chi connectivity index (χ0) is 14.3. The first-order chi connectivity index (χ1) is 9.60. The Labute approximate surface area is 120 Å². The van der Waals surface area contributed by atoms with Crippen LogP contribution in [0.2, 0.25) is 5.15 Å². The largest absolute Gasteiger partial charge is 0.263 e. The van der Waals surface area contributed by atoms with Gasteiger partial charge >= 0.3 is 0 Å². The van der Waals surface area contributed by atoms with Gasteiger partial charge in [0.25, 0.3) is 0 Å². The maximum Gasteiger partial charge on any atom is 0.171 e. The fourth-order valence-electron chi connectivity index (χ4n) is 2.20. The Morgan fingerprint density at radius 3 is 2.65 bits per heavy atom. The maximum absolute atomic E-state index is 5.95. The summed E-state index contributed by atoms with van der Waals surface area (Å²) in [6.45, 7) is 5.81. The molecule has 0 aliphatic heterocycles. The standard InChI is InChI=1S/C13H13ClN6/c1-4-10-9(5-7(2)16-17-10)13-19-18-12-6-11(14)15-8(3)20(12)13/h5-6H,4H2,1-3H3. The molecule has 20 heavy (non-hydrogen) atoms. The number of nitrogens with zero attached hydrogens (tertiary/aromatic N) is 6. The van der Waals surface area contributed by atoms with Crippen LogP contribution in [-0.4, -0.2) is 29.8 Å². The van der Waals surface area contributed by atoms with Gasteiger partial charge in [-0.1, -0.05) is 18.5 Å². The van der Waals surface area contributed by atoms with Gasteiger partial charge in [-0.25, -0.2) is 4.98 Å². The minimum absolute atomic E-state index is 0.411. The van der Waals surface area contributed by atoms with Crippen molar-refractivity contribution in [3.05, 3.63) is 34.5 Å². The van der Waals surface area contributed by atoms with Gasteiger partial charge in [0, 0.05) is 11.6 Å². The van der Waals surface area contributed by atoms with Gasteiger partial charge in [0.1, 0.15) is 11.0 Å². The lowest BCUT2D eigenvalue weighted by Crippen LogP contribution is -2.03. The molecule has 0 saturated carbocycles. The van der Waals surface area contributed by atoms with E-state index in [1.165, 1.54) is 0 Å². The van der Waals surface area contributed by atoms with E-state index in [-0.39, 0.29) is 0 Å². The summed E-state index contributed by atoms with van der Waals surface area (Å²) in [6.07, 6.45) is 0.775. The zero-order valence-electron chi connectivity index (χ0n) is 11.4. The number of rotatable bonds is 2. The number of fused-ring (bicyclic) bond motifs is 1. The molecule has 0 N–H and O–H groups in total. The molecule has 3 aromatic rings. The van der Waals surface area contributed by atoms with Gasteiger partial charge < -0.3 is 0 Å². The molecule has 0 unspecified atom stereocenters. The Morgan fingerprint density at radius 2 is 1.90 bits per heavy atom. The summed E-state index contributed by atoms with van der Waals surface area (Å²) in [4.78, 5) is 4.25. The average molecular weight is 289 g/mol. The van der Waals surface area contributed by atoms with Gasteiger partial charge in [0.15, 0.2) is 11.5 Å². The lowest BCUT2D eigenvalue weighted by Gasteiger charge is -2.07. The van der Waals surface area contributed by atoms with Crippen LogP contribution in [0.15, 0.2) is 12.1 Å². The second-order valence-corrected chi connectivity index (χ2v) is 4.93. The second kappa shape index (κ2) is 4.79. The third-order valence-electron chi connectivity index (χ3n) is 3.10. The lowest BCUT2D eigenvalue weighted by atomic mass is 10.1. The van der Waals surface area contributed by atoms with Crippen molar-refractivity contribution in [2.75, 3.05) is 0 Å². The summed E-state index contributed by atoms with van der Waals surface area (Å²) >= 11 is 5.95. The van der Waals surface area contributed by atoms with E-state index < -0.39 is 0 Å². The Bertz CT molecular complexity index is 795. The minimum atomic E-state index is 0.411. The predicted octanol–water partition coefficient (Wildman–Crippen LogP) is 2.41.